The topological polar surface area (TPSA) is 113 Å². The number of sulfonamides is 1. The molecule has 0 heterocycles. The van der Waals surface area contributed by atoms with Gasteiger partial charge in [0, 0.05) is 6.07 Å². The molecule has 116 valence electrons. The highest BCUT2D eigenvalue weighted by atomic mass is 32.2. The standard InChI is InChI=1S/C13H11FN2O5S/c1-8-5-6-9(7-10(8)14)21-11-3-2-4-12(22(15,19)20)13(11)16(17)18/h2-7H,1H3,(H2,15,19,20). The van der Waals surface area contributed by atoms with Crippen molar-refractivity contribution in [1.29, 1.82) is 0 Å². The summed E-state index contributed by atoms with van der Waals surface area (Å²) in [6, 6.07) is 7.32. The highest BCUT2D eigenvalue weighted by molar-refractivity contribution is 7.89. The number of nitro groups is 1. The normalized spacial score (nSPS) is 11.2. The van der Waals surface area contributed by atoms with Gasteiger partial charge in [-0.15, -0.1) is 0 Å². The Morgan fingerprint density at radius 1 is 1.27 bits per heavy atom. The van der Waals surface area contributed by atoms with Crippen LogP contribution in [0.5, 0.6) is 11.5 Å². The maximum Gasteiger partial charge on any atom is 0.331 e. The van der Waals surface area contributed by atoms with E-state index >= 15 is 0 Å². The zero-order chi connectivity index (χ0) is 16.5. The SMILES string of the molecule is Cc1ccc(Oc2cccc(S(N)(=O)=O)c2[N+](=O)[O-])cc1F. The van der Waals surface area contributed by atoms with Gasteiger partial charge in [0.05, 0.1) is 4.92 Å². The maximum absolute atomic E-state index is 13.5. The molecule has 0 aliphatic rings. The Bertz CT molecular complexity index is 852. The molecule has 0 unspecified atom stereocenters. The fourth-order valence-electron chi connectivity index (χ4n) is 1.76. The van der Waals surface area contributed by atoms with Crippen molar-refractivity contribution in [3.63, 3.8) is 0 Å². The van der Waals surface area contributed by atoms with E-state index in [1.165, 1.54) is 24.3 Å². The van der Waals surface area contributed by atoms with Gasteiger partial charge >= 0.3 is 5.69 Å². The average molecular weight is 326 g/mol. The van der Waals surface area contributed by atoms with E-state index in [-0.39, 0.29) is 11.5 Å². The quantitative estimate of drug-likeness (QED) is 0.685. The van der Waals surface area contributed by atoms with Gasteiger partial charge < -0.3 is 4.74 Å². The van der Waals surface area contributed by atoms with Crippen molar-refractivity contribution >= 4 is 15.7 Å². The Balaban J connectivity index is 2.56. The van der Waals surface area contributed by atoms with E-state index in [4.69, 9.17) is 9.88 Å². The second-order valence-corrected chi connectivity index (χ2v) is 5.95. The maximum atomic E-state index is 13.5. The van der Waals surface area contributed by atoms with E-state index in [1.54, 1.807) is 6.92 Å². The molecule has 22 heavy (non-hydrogen) atoms. The molecule has 0 radical (unpaired) electrons. The largest absolute Gasteiger partial charge is 0.450 e. The number of rotatable bonds is 4. The number of nitrogens with zero attached hydrogens (tertiary/aromatic N) is 1. The van der Waals surface area contributed by atoms with Crippen molar-refractivity contribution in [3.05, 3.63) is 57.9 Å². The van der Waals surface area contributed by atoms with E-state index in [2.05, 4.69) is 0 Å². The summed E-state index contributed by atoms with van der Waals surface area (Å²) in [7, 11) is -4.30. The van der Waals surface area contributed by atoms with E-state index in [0.717, 1.165) is 12.1 Å². The molecule has 7 nitrogen and oxygen atoms in total. The summed E-state index contributed by atoms with van der Waals surface area (Å²) in [6.45, 7) is 1.54. The Hall–Kier alpha value is -2.52. The molecule has 2 rings (SSSR count). The Morgan fingerprint density at radius 2 is 1.95 bits per heavy atom. The van der Waals surface area contributed by atoms with E-state index in [9.17, 15) is 22.9 Å². The van der Waals surface area contributed by atoms with E-state index in [1.807, 2.05) is 0 Å². The minimum Gasteiger partial charge on any atom is -0.450 e. The van der Waals surface area contributed by atoms with Crippen LogP contribution in [0, 0.1) is 22.9 Å². The summed E-state index contributed by atoms with van der Waals surface area (Å²) < 4.78 is 41.6. The lowest BCUT2D eigenvalue weighted by atomic mass is 10.2. The number of ether oxygens (including phenoxy) is 1. The van der Waals surface area contributed by atoms with Crippen molar-refractivity contribution in [2.24, 2.45) is 5.14 Å². The molecule has 0 atom stereocenters. The molecule has 0 amide bonds. The van der Waals surface area contributed by atoms with Gasteiger partial charge in [-0.05, 0) is 30.7 Å². The Kier molecular flexibility index (Phi) is 4.11. The summed E-state index contributed by atoms with van der Waals surface area (Å²) in [4.78, 5) is 9.54. The van der Waals surface area contributed by atoms with Crippen LogP contribution >= 0.6 is 0 Å². The lowest BCUT2D eigenvalue weighted by Crippen LogP contribution is -2.14. The minimum atomic E-state index is -4.30. The molecular formula is C13H11FN2O5S. The monoisotopic (exact) mass is 326 g/mol. The van der Waals surface area contributed by atoms with Crippen molar-refractivity contribution in [3.8, 4) is 11.5 Å². The van der Waals surface area contributed by atoms with Gasteiger partial charge in [0.1, 0.15) is 11.6 Å². The van der Waals surface area contributed by atoms with Gasteiger partial charge in [0.25, 0.3) is 0 Å². The predicted octanol–water partition coefficient (Wildman–Crippen LogP) is 2.48. The Morgan fingerprint density at radius 3 is 2.50 bits per heavy atom. The molecule has 0 bridgehead atoms. The lowest BCUT2D eigenvalue weighted by Gasteiger charge is -2.09. The summed E-state index contributed by atoms with van der Waals surface area (Å²) in [6.07, 6.45) is 0. The van der Waals surface area contributed by atoms with E-state index in [0.29, 0.717) is 5.56 Å². The Labute approximate surface area is 125 Å². The molecule has 0 fully saturated rings. The van der Waals surface area contributed by atoms with Crippen LogP contribution in [0.25, 0.3) is 0 Å². The number of benzene rings is 2. The number of nitrogens with two attached hydrogens (primary N) is 1. The third-order valence-electron chi connectivity index (χ3n) is 2.82. The van der Waals surface area contributed by atoms with Gasteiger partial charge in [-0.25, -0.2) is 17.9 Å². The smallest absolute Gasteiger partial charge is 0.331 e. The summed E-state index contributed by atoms with van der Waals surface area (Å²) in [5, 5.41) is 16.1. The number of primary sulfonamides is 1. The third kappa shape index (κ3) is 3.21. The summed E-state index contributed by atoms with van der Waals surface area (Å²) >= 11 is 0. The molecule has 0 aromatic heterocycles. The first-order valence-electron chi connectivity index (χ1n) is 5.94. The zero-order valence-corrected chi connectivity index (χ0v) is 12.1. The van der Waals surface area contributed by atoms with Crippen LogP contribution in [-0.4, -0.2) is 13.3 Å². The van der Waals surface area contributed by atoms with E-state index < -0.39 is 31.3 Å². The molecule has 9 heteroatoms. The van der Waals surface area contributed by atoms with Gasteiger partial charge in [0.15, 0.2) is 4.90 Å². The summed E-state index contributed by atoms with van der Waals surface area (Å²) in [5.74, 6) is -0.902. The van der Waals surface area contributed by atoms with Crippen LogP contribution in [0.4, 0.5) is 10.1 Å². The average Bonchev–Trinajstić information content (AvgIpc) is 2.41. The number of hydrogen-bond acceptors (Lipinski definition) is 5. The minimum absolute atomic E-state index is 0.00207. The second kappa shape index (κ2) is 5.70. The summed E-state index contributed by atoms with van der Waals surface area (Å²) in [5.41, 5.74) is -0.425. The zero-order valence-electron chi connectivity index (χ0n) is 11.3. The molecule has 0 saturated heterocycles. The molecular weight excluding hydrogens is 315 g/mol. The lowest BCUT2D eigenvalue weighted by molar-refractivity contribution is -0.388. The number of para-hydroxylation sites is 1. The second-order valence-electron chi connectivity index (χ2n) is 4.42. The molecule has 2 aromatic rings. The van der Waals surface area contributed by atoms with Crippen LogP contribution in [0.2, 0.25) is 0 Å². The van der Waals surface area contributed by atoms with Gasteiger partial charge in [-0.1, -0.05) is 12.1 Å². The first kappa shape index (κ1) is 15.9. The number of aryl methyl sites for hydroxylation is 1. The fourth-order valence-corrected chi connectivity index (χ4v) is 2.47. The predicted molar refractivity (Wildman–Crippen MR) is 75.7 cm³/mol. The van der Waals surface area contributed by atoms with Gasteiger partial charge in [-0.3, -0.25) is 10.1 Å². The third-order valence-corrected chi connectivity index (χ3v) is 3.76. The highest BCUT2D eigenvalue weighted by Gasteiger charge is 2.28. The first-order valence-corrected chi connectivity index (χ1v) is 7.49. The number of halogens is 1. The van der Waals surface area contributed by atoms with Crippen LogP contribution in [-0.2, 0) is 10.0 Å². The molecule has 0 aliphatic carbocycles. The van der Waals surface area contributed by atoms with Gasteiger partial charge in [-0.2, -0.15) is 0 Å². The van der Waals surface area contributed by atoms with Gasteiger partial charge in [0.2, 0.25) is 15.8 Å². The van der Waals surface area contributed by atoms with Crippen molar-refractivity contribution in [1.82, 2.24) is 0 Å². The molecule has 2 aromatic carbocycles. The van der Waals surface area contributed by atoms with Crippen molar-refractivity contribution in [2.45, 2.75) is 11.8 Å². The molecule has 0 aliphatic heterocycles. The first-order chi connectivity index (χ1) is 10.2. The van der Waals surface area contributed by atoms with Crippen LogP contribution < -0.4 is 9.88 Å². The number of nitro benzene ring substituents is 1. The van der Waals surface area contributed by atoms with Crippen LogP contribution in [0.1, 0.15) is 5.56 Å². The number of hydrogen-bond donors (Lipinski definition) is 1. The van der Waals surface area contributed by atoms with Crippen LogP contribution in [0.15, 0.2) is 41.3 Å². The molecule has 0 spiro atoms. The fraction of sp³-hybridized carbons (Fsp3) is 0.0769. The van der Waals surface area contributed by atoms with Crippen molar-refractivity contribution < 1.29 is 22.5 Å². The van der Waals surface area contributed by atoms with Crippen LogP contribution in [0.3, 0.4) is 0 Å². The molecule has 2 N–H and O–H groups in total. The van der Waals surface area contributed by atoms with Crippen molar-refractivity contribution in [2.75, 3.05) is 0 Å². The highest BCUT2D eigenvalue weighted by Crippen LogP contribution is 2.36. The molecule has 0 saturated carbocycles.